The third-order valence-electron chi connectivity index (χ3n) is 8.26. The zero-order valence-electron chi connectivity index (χ0n) is 26.1. The third kappa shape index (κ3) is 6.65. The molecule has 1 atom stereocenters. The first-order valence-corrected chi connectivity index (χ1v) is 17.1. The first-order chi connectivity index (χ1) is 23.6. The van der Waals surface area contributed by atoms with Gasteiger partial charge in [-0.05, 0) is 67.8 Å². The van der Waals surface area contributed by atoms with Crippen LogP contribution in [0.5, 0.6) is 11.6 Å². The Labute approximate surface area is 279 Å². The van der Waals surface area contributed by atoms with E-state index in [1.807, 2.05) is 6.92 Å². The predicted molar refractivity (Wildman–Crippen MR) is 180 cm³/mol. The largest absolute Gasteiger partial charge is 0.465 e. The number of amides is 1. The monoisotopic (exact) mass is 683 g/mol. The number of aromatic nitrogens is 4. The van der Waals surface area contributed by atoms with Gasteiger partial charge in [-0.2, -0.15) is 0 Å². The number of anilines is 2. The maximum Gasteiger partial charge on any atom is 0.407 e. The fraction of sp³-hybridized carbons (Fsp3) is 0.206. The lowest BCUT2D eigenvalue weighted by molar-refractivity contribution is 0.132. The Morgan fingerprint density at radius 3 is 2.73 bits per heavy atom. The number of halogens is 1. The van der Waals surface area contributed by atoms with E-state index in [1.54, 1.807) is 67.0 Å². The molecule has 15 heteroatoms. The Hall–Kier alpha value is -5.83. The SMILES string of the molecule is Cc1ccc2c(NS(=O)(=O)Cc3noc4ccccc34)c(F)ccc2c1Oc1ncccc1-c1ccnc(NC2CCCN(C(=O)O)C2)n1. The van der Waals surface area contributed by atoms with Gasteiger partial charge in [0.2, 0.25) is 21.9 Å². The summed E-state index contributed by atoms with van der Waals surface area (Å²) in [5.74, 6) is -0.400. The molecular weight excluding hydrogens is 653 g/mol. The summed E-state index contributed by atoms with van der Waals surface area (Å²) in [6.07, 6.45) is 3.69. The van der Waals surface area contributed by atoms with Crippen LogP contribution in [-0.4, -0.2) is 63.8 Å². The predicted octanol–water partition coefficient (Wildman–Crippen LogP) is 6.57. The van der Waals surface area contributed by atoms with E-state index in [1.165, 1.54) is 17.0 Å². The summed E-state index contributed by atoms with van der Waals surface area (Å²) in [6, 6.07) is 18.0. The van der Waals surface area contributed by atoms with E-state index in [0.29, 0.717) is 58.0 Å². The summed E-state index contributed by atoms with van der Waals surface area (Å²) >= 11 is 0. The molecule has 6 aromatic rings. The molecule has 1 fully saturated rings. The molecule has 1 amide bonds. The number of ether oxygens (including phenoxy) is 1. The number of nitrogens with zero attached hydrogens (tertiary/aromatic N) is 5. The number of pyridine rings is 1. The van der Waals surface area contributed by atoms with Crippen molar-refractivity contribution in [2.24, 2.45) is 0 Å². The highest BCUT2D eigenvalue weighted by Gasteiger charge is 2.25. The Kier molecular flexibility index (Phi) is 8.42. The van der Waals surface area contributed by atoms with Crippen molar-refractivity contribution >= 4 is 49.5 Å². The van der Waals surface area contributed by atoms with Crippen molar-refractivity contribution in [1.29, 1.82) is 0 Å². The number of rotatable bonds is 9. The summed E-state index contributed by atoms with van der Waals surface area (Å²) in [7, 11) is -4.13. The minimum atomic E-state index is -4.13. The van der Waals surface area contributed by atoms with Gasteiger partial charge < -0.3 is 24.6 Å². The summed E-state index contributed by atoms with van der Waals surface area (Å²) in [5, 5.41) is 17.8. The molecule has 0 bridgehead atoms. The maximum atomic E-state index is 15.3. The molecule has 0 spiro atoms. The number of sulfonamides is 1. The van der Waals surface area contributed by atoms with Gasteiger partial charge in [0, 0.05) is 47.7 Å². The molecule has 1 aliphatic heterocycles. The lowest BCUT2D eigenvalue weighted by Gasteiger charge is -2.31. The molecule has 49 heavy (non-hydrogen) atoms. The van der Waals surface area contributed by atoms with Crippen LogP contribution in [0.4, 0.5) is 20.8 Å². The van der Waals surface area contributed by atoms with Crippen LogP contribution >= 0.6 is 0 Å². The number of fused-ring (bicyclic) bond motifs is 2. The Morgan fingerprint density at radius 2 is 1.88 bits per heavy atom. The second kappa shape index (κ2) is 13.0. The molecule has 250 valence electrons. The Bertz CT molecular complexity index is 2320. The van der Waals surface area contributed by atoms with Crippen LogP contribution in [0.25, 0.3) is 33.0 Å². The van der Waals surface area contributed by atoms with Crippen LogP contribution in [0, 0.1) is 12.7 Å². The van der Waals surface area contributed by atoms with Crippen LogP contribution in [0.3, 0.4) is 0 Å². The smallest absolute Gasteiger partial charge is 0.407 e. The highest BCUT2D eigenvalue weighted by molar-refractivity contribution is 7.92. The number of para-hydroxylation sites is 1. The van der Waals surface area contributed by atoms with E-state index in [9.17, 15) is 18.3 Å². The molecule has 0 aliphatic carbocycles. The number of carboxylic acid groups (broad SMARTS) is 1. The average molecular weight is 684 g/mol. The number of aryl methyl sites for hydroxylation is 1. The third-order valence-corrected chi connectivity index (χ3v) is 9.43. The van der Waals surface area contributed by atoms with E-state index in [0.717, 1.165) is 12.8 Å². The number of hydrogen-bond donors (Lipinski definition) is 3. The molecule has 1 aliphatic rings. The van der Waals surface area contributed by atoms with Crippen LogP contribution in [0.1, 0.15) is 24.1 Å². The molecule has 3 aromatic heterocycles. The first kappa shape index (κ1) is 31.8. The molecule has 13 nitrogen and oxygen atoms in total. The van der Waals surface area contributed by atoms with Gasteiger partial charge in [-0.25, -0.2) is 32.6 Å². The van der Waals surface area contributed by atoms with Gasteiger partial charge in [0.05, 0.1) is 16.9 Å². The van der Waals surface area contributed by atoms with Gasteiger partial charge >= 0.3 is 6.09 Å². The first-order valence-electron chi connectivity index (χ1n) is 15.4. The van der Waals surface area contributed by atoms with Gasteiger partial charge in [0.1, 0.15) is 23.0 Å². The fourth-order valence-electron chi connectivity index (χ4n) is 5.91. The summed E-state index contributed by atoms with van der Waals surface area (Å²) in [6.45, 7) is 2.62. The number of likely N-dealkylation sites (tertiary alicyclic amines) is 1. The van der Waals surface area contributed by atoms with Crippen LogP contribution in [0.2, 0.25) is 0 Å². The molecule has 3 N–H and O–H groups in total. The Morgan fingerprint density at radius 1 is 1.04 bits per heavy atom. The fourth-order valence-corrected chi connectivity index (χ4v) is 7.07. The van der Waals surface area contributed by atoms with E-state index in [2.05, 4.69) is 30.1 Å². The number of nitrogens with one attached hydrogen (secondary N) is 2. The second-order valence-electron chi connectivity index (χ2n) is 11.7. The summed E-state index contributed by atoms with van der Waals surface area (Å²) in [4.78, 5) is 26.3. The van der Waals surface area contributed by atoms with E-state index in [-0.39, 0.29) is 28.7 Å². The van der Waals surface area contributed by atoms with E-state index >= 15 is 4.39 Å². The number of benzene rings is 3. The molecule has 1 unspecified atom stereocenters. The lowest BCUT2D eigenvalue weighted by Crippen LogP contribution is -2.44. The molecular formula is C34H30FN7O6S. The van der Waals surface area contributed by atoms with Gasteiger partial charge in [0.15, 0.2) is 5.58 Å². The zero-order valence-corrected chi connectivity index (χ0v) is 26.9. The van der Waals surface area contributed by atoms with Crippen molar-refractivity contribution in [3.05, 3.63) is 96.2 Å². The van der Waals surface area contributed by atoms with Crippen LogP contribution in [-0.2, 0) is 15.8 Å². The van der Waals surface area contributed by atoms with Crippen molar-refractivity contribution < 1.29 is 32.0 Å². The Balaban J connectivity index is 1.18. The summed E-state index contributed by atoms with van der Waals surface area (Å²) < 4.78 is 56.0. The minimum absolute atomic E-state index is 0.148. The molecule has 4 heterocycles. The highest BCUT2D eigenvalue weighted by Crippen LogP contribution is 2.40. The second-order valence-corrected chi connectivity index (χ2v) is 13.4. The molecule has 1 saturated heterocycles. The number of carbonyl (C=O) groups is 1. The van der Waals surface area contributed by atoms with Crippen molar-refractivity contribution in [3.63, 3.8) is 0 Å². The van der Waals surface area contributed by atoms with Gasteiger partial charge in [-0.1, -0.05) is 29.4 Å². The van der Waals surface area contributed by atoms with E-state index in [4.69, 9.17) is 9.26 Å². The van der Waals surface area contributed by atoms with Crippen LogP contribution < -0.4 is 14.8 Å². The maximum absolute atomic E-state index is 15.3. The molecule has 0 radical (unpaired) electrons. The zero-order chi connectivity index (χ0) is 34.1. The van der Waals surface area contributed by atoms with Gasteiger partial charge in [0.25, 0.3) is 0 Å². The van der Waals surface area contributed by atoms with Crippen LogP contribution in [0.15, 0.2) is 83.6 Å². The van der Waals surface area contributed by atoms with Gasteiger partial charge in [-0.3, -0.25) is 4.72 Å². The number of hydrogen-bond acceptors (Lipinski definition) is 10. The van der Waals surface area contributed by atoms with E-state index < -0.39 is 27.7 Å². The van der Waals surface area contributed by atoms with Crippen molar-refractivity contribution in [2.75, 3.05) is 23.1 Å². The standard InChI is InChI=1S/C34H30FN7O6S/c1-20-10-11-22-23(12-13-26(35)30(22)41-49(45,46)19-28-24-7-2-3-9-29(24)48-40-28)31(20)47-32-25(8-4-15-36-32)27-14-16-37-33(39-27)38-21-6-5-17-42(18-21)34(43)44/h2-4,7-16,21,41H,5-6,17-19H2,1H3,(H,43,44)(H,37,38,39). The average Bonchev–Trinajstić information content (AvgIpc) is 3.49. The molecule has 0 saturated carbocycles. The molecule has 3 aromatic carbocycles. The molecule has 7 rings (SSSR count). The highest BCUT2D eigenvalue weighted by atomic mass is 32.2. The van der Waals surface area contributed by atoms with Crippen molar-refractivity contribution in [1.82, 2.24) is 25.0 Å². The normalized spacial score (nSPS) is 15.0. The van der Waals surface area contributed by atoms with Gasteiger partial charge in [-0.15, -0.1) is 0 Å². The topological polar surface area (TPSA) is 173 Å². The summed E-state index contributed by atoms with van der Waals surface area (Å²) in [5.41, 5.74) is 2.17. The minimum Gasteiger partial charge on any atom is -0.465 e. The quantitative estimate of drug-likeness (QED) is 0.150. The number of piperidine rings is 1. The van der Waals surface area contributed by atoms with Crippen molar-refractivity contribution in [3.8, 4) is 22.9 Å². The van der Waals surface area contributed by atoms with Crippen molar-refractivity contribution in [2.45, 2.75) is 31.6 Å². The lowest BCUT2D eigenvalue weighted by atomic mass is 10.0.